The van der Waals surface area contributed by atoms with E-state index in [1.165, 1.54) is 14.2 Å². The largest absolute Gasteiger partial charge is 0.467 e. The zero-order valence-corrected chi connectivity index (χ0v) is 10.7. The van der Waals surface area contributed by atoms with Crippen LogP contribution in [0.15, 0.2) is 0 Å². The minimum atomic E-state index is -1.20. The van der Waals surface area contributed by atoms with Gasteiger partial charge in [0, 0.05) is 7.11 Å². The van der Waals surface area contributed by atoms with Crippen LogP contribution in [0.1, 0.15) is 20.8 Å². The van der Waals surface area contributed by atoms with E-state index < -0.39 is 35.9 Å². The van der Waals surface area contributed by atoms with Crippen LogP contribution < -0.4 is 0 Å². The number of ether oxygens (including phenoxy) is 5. The van der Waals surface area contributed by atoms with Gasteiger partial charge in [0.05, 0.1) is 7.11 Å². The summed E-state index contributed by atoms with van der Waals surface area (Å²) in [5.41, 5.74) is -1.20. The van der Waals surface area contributed by atoms with Gasteiger partial charge in [-0.05, 0) is 20.8 Å². The predicted octanol–water partition coefficient (Wildman–Crippen LogP) is 0.441. The summed E-state index contributed by atoms with van der Waals surface area (Å²) >= 11 is 0. The topological polar surface area (TPSA) is 63.2 Å². The summed E-state index contributed by atoms with van der Waals surface area (Å²) in [6.45, 7) is 5.20. The first-order chi connectivity index (χ1) is 7.84. The highest BCUT2D eigenvalue weighted by molar-refractivity contribution is 5.80. The summed E-state index contributed by atoms with van der Waals surface area (Å²) in [4.78, 5) is 11.8. The van der Waals surface area contributed by atoms with Crippen LogP contribution in [0.4, 0.5) is 0 Å². The van der Waals surface area contributed by atoms with Crippen LogP contribution in [0.2, 0.25) is 0 Å². The lowest BCUT2D eigenvalue weighted by Gasteiger charge is -2.28. The molecule has 17 heavy (non-hydrogen) atoms. The Morgan fingerprint density at radius 2 is 1.76 bits per heavy atom. The van der Waals surface area contributed by atoms with Gasteiger partial charge in [0.25, 0.3) is 0 Å². The normalized spacial score (nSPS) is 43.5. The van der Waals surface area contributed by atoms with Crippen LogP contribution in [0.25, 0.3) is 0 Å². The van der Waals surface area contributed by atoms with Gasteiger partial charge in [-0.2, -0.15) is 0 Å². The average Bonchev–Trinajstić information content (AvgIpc) is 2.72. The fourth-order valence-corrected chi connectivity index (χ4v) is 2.34. The molecule has 98 valence electrons. The molecule has 0 radical (unpaired) electrons. The Kier molecular flexibility index (Phi) is 2.94. The number of hydrogen-bond acceptors (Lipinski definition) is 6. The Labute approximate surface area is 100 Å². The van der Waals surface area contributed by atoms with Crippen molar-refractivity contribution < 1.29 is 28.5 Å². The molecule has 0 N–H and O–H groups in total. The number of carbonyl (C=O) groups is 1. The molecule has 0 saturated carbocycles. The SMILES string of the molecule is COC(=O)[C@@]1(C)O[C@@H](OC)[C@@H]2OC(C)(C)O[C@@H]21. The lowest BCUT2D eigenvalue weighted by molar-refractivity contribution is -0.249. The fourth-order valence-electron chi connectivity index (χ4n) is 2.34. The van der Waals surface area contributed by atoms with Crippen LogP contribution >= 0.6 is 0 Å². The lowest BCUT2D eigenvalue weighted by Crippen LogP contribution is -2.48. The Bertz CT molecular complexity index is 328. The van der Waals surface area contributed by atoms with Crippen LogP contribution in [-0.2, 0) is 28.5 Å². The van der Waals surface area contributed by atoms with Crippen molar-refractivity contribution in [1.29, 1.82) is 0 Å². The van der Waals surface area contributed by atoms with Crippen LogP contribution in [-0.4, -0.2) is 50.1 Å². The molecular weight excluding hydrogens is 228 g/mol. The smallest absolute Gasteiger partial charge is 0.340 e. The van der Waals surface area contributed by atoms with E-state index in [0.717, 1.165) is 0 Å². The monoisotopic (exact) mass is 246 g/mol. The van der Waals surface area contributed by atoms with Gasteiger partial charge in [0.2, 0.25) is 0 Å². The van der Waals surface area contributed by atoms with Crippen molar-refractivity contribution in [3.8, 4) is 0 Å². The number of carbonyl (C=O) groups excluding carboxylic acids is 1. The molecule has 0 aromatic rings. The number of esters is 1. The Hall–Kier alpha value is -0.690. The predicted molar refractivity (Wildman–Crippen MR) is 56.1 cm³/mol. The standard InChI is InChI=1S/C11H18O6/c1-10(2)15-6-7(16-10)11(3,9(12)14-5)17-8(6)13-4/h6-8H,1-5H3/t6-,7+,8-,11+/m1/s1. The van der Waals surface area contributed by atoms with E-state index in [1.54, 1.807) is 20.8 Å². The molecule has 2 heterocycles. The lowest BCUT2D eigenvalue weighted by atomic mass is 9.98. The summed E-state index contributed by atoms with van der Waals surface area (Å²) in [5, 5.41) is 0. The molecule has 0 bridgehead atoms. The van der Waals surface area contributed by atoms with Crippen LogP contribution in [0.3, 0.4) is 0 Å². The van der Waals surface area contributed by atoms with Crippen molar-refractivity contribution in [2.45, 2.75) is 50.7 Å². The molecule has 4 atom stereocenters. The molecule has 6 nitrogen and oxygen atoms in total. The molecule has 0 amide bonds. The number of methoxy groups -OCH3 is 2. The third-order valence-corrected chi connectivity index (χ3v) is 3.12. The highest BCUT2D eigenvalue weighted by atomic mass is 16.8. The van der Waals surface area contributed by atoms with E-state index in [9.17, 15) is 4.79 Å². The van der Waals surface area contributed by atoms with Crippen molar-refractivity contribution in [1.82, 2.24) is 0 Å². The first-order valence-corrected chi connectivity index (χ1v) is 5.49. The summed E-state index contributed by atoms with van der Waals surface area (Å²) in [7, 11) is 2.81. The first kappa shape index (κ1) is 12.8. The molecule has 2 aliphatic heterocycles. The fraction of sp³-hybridized carbons (Fsp3) is 0.909. The van der Waals surface area contributed by atoms with Crippen molar-refractivity contribution in [2.24, 2.45) is 0 Å². The van der Waals surface area contributed by atoms with E-state index in [2.05, 4.69) is 0 Å². The minimum absolute atomic E-state index is 0.431. The molecule has 6 heteroatoms. The highest BCUT2D eigenvalue weighted by Gasteiger charge is 2.65. The third-order valence-electron chi connectivity index (χ3n) is 3.12. The zero-order chi connectivity index (χ0) is 12.8. The second kappa shape index (κ2) is 3.91. The van der Waals surface area contributed by atoms with Gasteiger partial charge in [-0.15, -0.1) is 0 Å². The van der Waals surface area contributed by atoms with E-state index in [-0.39, 0.29) is 0 Å². The average molecular weight is 246 g/mol. The molecular formula is C11H18O6. The van der Waals surface area contributed by atoms with E-state index in [0.29, 0.717) is 0 Å². The van der Waals surface area contributed by atoms with Gasteiger partial charge < -0.3 is 23.7 Å². The molecule has 2 saturated heterocycles. The highest BCUT2D eigenvalue weighted by Crippen LogP contribution is 2.44. The van der Waals surface area contributed by atoms with Crippen molar-refractivity contribution >= 4 is 5.97 Å². The van der Waals surface area contributed by atoms with Gasteiger partial charge in [0.1, 0.15) is 12.2 Å². The van der Waals surface area contributed by atoms with Gasteiger partial charge in [-0.25, -0.2) is 4.79 Å². The summed E-state index contributed by atoms with van der Waals surface area (Å²) in [6.07, 6.45) is -1.60. The third kappa shape index (κ3) is 1.85. The van der Waals surface area contributed by atoms with E-state index in [4.69, 9.17) is 23.7 Å². The van der Waals surface area contributed by atoms with Gasteiger partial charge in [0.15, 0.2) is 17.7 Å². The van der Waals surface area contributed by atoms with Crippen molar-refractivity contribution in [2.75, 3.05) is 14.2 Å². The first-order valence-electron chi connectivity index (χ1n) is 5.49. The number of fused-ring (bicyclic) bond motifs is 1. The molecule has 2 aliphatic rings. The van der Waals surface area contributed by atoms with E-state index in [1.807, 2.05) is 0 Å². The molecule has 0 unspecified atom stereocenters. The van der Waals surface area contributed by atoms with Gasteiger partial charge in [-0.1, -0.05) is 0 Å². The maximum atomic E-state index is 11.8. The van der Waals surface area contributed by atoms with E-state index >= 15 is 0 Å². The molecule has 0 aliphatic carbocycles. The van der Waals surface area contributed by atoms with Gasteiger partial charge in [-0.3, -0.25) is 0 Å². The quantitative estimate of drug-likeness (QED) is 0.659. The maximum absolute atomic E-state index is 11.8. The minimum Gasteiger partial charge on any atom is -0.467 e. The summed E-state index contributed by atoms with van der Waals surface area (Å²) in [5.74, 6) is -1.25. The summed E-state index contributed by atoms with van der Waals surface area (Å²) in [6, 6.07) is 0. The van der Waals surface area contributed by atoms with Crippen LogP contribution in [0, 0.1) is 0 Å². The zero-order valence-electron chi connectivity index (χ0n) is 10.7. The van der Waals surface area contributed by atoms with Crippen LogP contribution in [0.5, 0.6) is 0 Å². The molecule has 0 aromatic heterocycles. The number of rotatable bonds is 2. The van der Waals surface area contributed by atoms with Crippen molar-refractivity contribution in [3.63, 3.8) is 0 Å². The Morgan fingerprint density at radius 3 is 2.29 bits per heavy atom. The molecule has 2 fully saturated rings. The molecule has 0 spiro atoms. The maximum Gasteiger partial charge on any atom is 0.340 e. The summed E-state index contributed by atoms with van der Waals surface area (Å²) < 4.78 is 26.9. The van der Waals surface area contributed by atoms with Gasteiger partial charge >= 0.3 is 5.97 Å². The second-order valence-electron chi connectivity index (χ2n) is 4.84. The molecule has 0 aromatic carbocycles. The molecule has 2 rings (SSSR count). The Balaban J connectivity index is 2.29. The second-order valence-corrected chi connectivity index (χ2v) is 4.84. The van der Waals surface area contributed by atoms with Crippen molar-refractivity contribution in [3.05, 3.63) is 0 Å². The number of hydrogen-bond donors (Lipinski definition) is 0. The Morgan fingerprint density at radius 1 is 1.12 bits per heavy atom.